The van der Waals surface area contributed by atoms with E-state index in [0.717, 1.165) is 0 Å². The Hall–Kier alpha value is -1.40. The monoisotopic (exact) mass is 284 g/mol. The predicted octanol–water partition coefficient (Wildman–Crippen LogP) is 1.40. The molecule has 0 aliphatic heterocycles. The molecule has 1 aromatic rings. The number of benzene rings is 1. The minimum atomic E-state index is -3.20. The molecule has 0 bridgehead atoms. The third-order valence-corrected chi connectivity index (χ3v) is 4.66. The standard InChI is InChI=1S/C13H20N2O3S/c1-3-19(17,18)12-6-4-11(5-7-12)15-13(16)10(2)8-9-14/h4-7,10H,3,8-9,14H2,1-2H3,(H,15,16). The van der Waals surface area contributed by atoms with Crippen LogP contribution in [0, 0.1) is 5.92 Å². The molecule has 19 heavy (non-hydrogen) atoms. The molecule has 106 valence electrons. The first-order valence-electron chi connectivity index (χ1n) is 6.24. The third kappa shape index (κ3) is 4.33. The van der Waals surface area contributed by atoms with Gasteiger partial charge in [0.15, 0.2) is 9.84 Å². The number of amides is 1. The Morgan fingerprint density at radius 1 is 1.32 bits per heavy atom. The summed E-state index contributed by atoms with van der Waals surface area (Å²) in [5, 5.41) is 2.73. The molecule has 3 N–H and O–H groups in total. The highest BCUT2D eigenvalue weighted by molar-refractivity contribution is 7.91. The molecule has 1 atom stereocenters. The number of carbonyl (C=O) groups is 1. The molecular weight excluding hydrogens is 264 g/mol. The molecular formula is C13H20N2O3S. The first-order valence-corrected chi connectivity index (χ1v) is 7.89. The molecule has 0 saturated heterocycles. The van der Waals surface area contributed by atoms with Gasteiger partial charge < -0.3 is 11.1 Å². The van der Waals surface area contributed by atoms with E-state index in [1.165, 1.54) is 12.1 Å². The Balaban J connectivity index is 2.75. The lowest BCUT2D eigenvalue weighted by molar-refractivity contribution is -0.119. The molecule has 0 aliphatic carbocycles. The van der Waals surface area contributed by atoms with Gasteiger partial charge in [-0.1, -0.05) is 13.8 Å². The van der Waals surface area contributed by atoms with Crippen molar-refractivity contribution in [2.24, 2.45) is 11.7 Å². The molecule has 1 rings (SSSR count). The van der Waals surface area contributed by atoms with Crippen molar-refractivity contribution in [2.45, 2.75) is 25.2 Å². The van der Waals surface area contributed by atoms with Gasteiger partial charge in [-0.15, -0.1) is 0 Å². The Kier molecular flexibility index (Phi) is 5.50. The zero-order chi connectivity index (χ0) is 14.5. The quantitative estimate of drug-likeness (QED) is 0.826. The van der Waals surface area contributed by atoms with Gasteiger partial charge in [-0.3, -0.25) is 4.79 Å². The van der Waals surface area contributed by atoms with Crippen molar-refractivity contribution >= 4 is 21.4 Å². The number of rotatable bonds is 6. The fourth-order valence-corrected chi connectivity index (χ4v) is 2.44. The van der Waals surface area contributed by atoms with Crippen molar-refractivity contribution in [3.05, 3.63) is 24.3 Å². The van der Waals surface area contributed by atoms with Crippen molar-refractivity contribution in [3.63, 3.8) is 0 Å². The maximum atomic E-state index is 11.8. The molecule has 5 nitrogen and oxygen atoms in total. The van der Waals surface area contributed by atoms with E-state index in [1.807, 2.05) is 0 Å². The summed E-state index contributed by atoms with van der Waals surface area (Å²) in [5.41, 5.74) is 5.98. The number of hydrogen-bond acceptors (Lipinski definition) is 4. The van der Waals surface area contributed by atoms with Crippen molar-refractivity contribution in [1.29, 1.82) is 0 Å². The smallest absolute Gasteiger partial charge is 0.227 e. The van der Waals surface area contributed by atoms with E-state index >= 15 is 0 Å². The third-order valence-electron chi connectivity index (χ3n) is 2.91. The zero-order valence-corrected chi connectivity index (χ0v) is 12.0. The van der Waals surface area contributed by atoms with Crippen LogP contribution >= 0.6 is 0 Å². The van der Waals surface area contributed by atoms with Gasteiger partial charge in [-0.25, -0.2) is 8.42 Å². The number of carbonyl (C=O) groups excluding carboxylic acids is 1. The number of nitrogens with two attached hydrogens (primary N) is 1. The minimum Gasteiger partial charge on any atom is -0.330 e. The SMILES string of the molecule is CCS(=O)(=O)c1ccc(NC(=O)C(C)CCN)cc1. The van der Waals surface area contributed by atoms with Crippen LogP contribution in [0.5, 0.6) is 0 Å². The Labute approximate surface area is 114 Å². The highest BCUT2D eigenvalue weighted by Crippen LogP contribution is 2.16. The molecule has 0 saturated carbocycles. The van der Waals surface area contributed by atoms with Crippen molar-refractivity contribution in [3.8, 4) is 0 Å². The largest absolute Gasteiger partial charge is 0.330 e. The molecule has 0 heterocycles. The van der Waals surface area contributed by atoms with Gasteiger partial charge in [0, 0.05) is 11.6 Å². The van der Waals surface area contributed by atoms with Crippen molar-refractivity contribution in [1.82, 2.24) is 0 Å². The summed E-state index contributed by atoms with van der Waals surface area (Å²) in [5.74, 6) is -0.215. The summed E-state index contributed by atoms with van der Waals surface area (Å²) in [4.78, 5) is 12.0. The highest BCUT2D eigenvalue weighted by atomic mass is 32.2. The topological polar surface area (TPSA) is 89.3 Å². The van der Waals surface area contributed by atoms with Gasteiger partial charge in [-0.2, -0.15) is 0 Å². The predicted molar refractivity (Wildman–Crippen MR) is 75.6 cm³/mol. The van der Waals surface area contributed by atoms with Crippen LogP contribution in [0.25, 0.3) is 0 Å². The second-order valence-corrected chi connectivity index (χ2v) is 6.67. The highest BCUT2D eigenvalue weighted by Gasteiger charge is 2.13. The molecule has 6 heteroatoms. The minimum absolute atomic E-state index is 0.0617. The summed E-state index contributed by atoms with van der Waals surface area (Å²) in [6, 6.07) is 6.19. The van der Waals surface area contributed by atoms with Crippen LogP contribution in [-0.4, -0.2) is 26.6 Å². The van der Waals surface area contributed by atoms with Gasteiger partial charge in [0.1, 0.15) is 0 Å². The van der Waals surface area contributed by atoms with Gasteiger partial charge in [0.25, 0.3) is 0 Å². The van der Waals surface area contributed by atoms with Gasteiger partial charge in [0.2, 0.25) is 5.91 Å². The Morgan fingerprint density at radius 3 is 2.37 bits per heavy atom. The average molecular weight is 284 g/mol. The van der Waals surface area contributed by atoms with Crippen molar-refractivity contribution in [2.75, 3.05) is 17.6 Å². The van der Waals surface area contributed by atoms with Crippen LogP contribution in [0.3, 0.4) is 0 Å². The van der Waals surface area contributed by atoms with Gasteiger partial charge in [0.05, 0.1) is 10.6 Å². The molecule has 1 aromatic carbocycles. The first-order chi connectivity index (χ1) is 8.90. The fraction of sp³-hybridized carbons (Fsp3) is 0.462. The van der Waals surface area contributed by atoms with E-state index in [4.69, 9.17) is 5.73 Å². The van der Waals surface area contributed by atoms with Crippen LogP contribution < -0.4 is 11.1 Å². The van der Waals surface area contributed by atoms with Crippen LogP contribution in [0.2, 0.25) is 0 Å². The maximum absolute atomic E-state index is 11.8. The van der Waals surface area contributed by atoms with Crippen LogP contribution in [0.15, 0.2) is 29.2 Å². The molecule has 0 aliphatic rings. The number of sulfone groups is 1. The van der Waals surface area contributed by atoms with Crippen molar-refractivity contribution < 1.29 is 13.2 Å². The summed E-state index contributed by atoms with van der Waals surface area (Å²) >= 11 is 0. The normalized spacial score (nSPS) is 13.0. The Morgan fingerprint density at radius 2 is 1.89 bits per heavy atom. The molecule has 0 aromatic heterocycles. The number of anilines is 1. The summed E-state index contributed by atoms with van der Waals surface area (Å²) in [6.45, 7) is 3.86. The van der Waals surface area contributed by atoms with E-state index in [-0.39, 0.29) is 22.5 Å². The summed E-state index contributed by atoms with van der Waals surface area (Å²) < 4.78 is 23.3. The second kappa shape index (κ2) is 6.68. The zero-order valence-electron chi connectivity index (χ0n) is 11.2. The molecule has 1 amide bonds. The molecule has 0 spiro atoms. The van der Waals surface area contributed by atoms with E-state index in [1.54, 1.807) is 26.0 Å². The van der Waals surface area contributed by atoms with Gasteiger partial charge in [-0.05, 0) is 37.2 Å². The molecule has 0 radical (unpaired) electrons. The van der Waals surface area contributed by atoms with E-state index in [9.17, 15) is 13.2 Å². The Bertz CT molecular complexity index is 523. The molecule has 1 unspecified atom stereocenters. The maximum Gasteiger partial charge on any atom is 0.227 e. The average Bonchev–Trinajstić information content (AvgIpc) is 2.39. The summed E-state index contributed by atoms with van der Waals surface area (Å²) in [6.07, 6.45) is 0.619. The lowest BCUT2D eigenvalue weighted by Gasteiger charge is -2.11. The van der Waals surface area contributed by atoms with Crippen LogP contribution in [0.1, 0.15) is 20.3 Å². The lowest BCUT2D eigenvalue weighted by atomic mass is 10.1. The number of nitrogens with one attached hydrogen (secondary N) is 1. The van der Waals surface area contributed by atoms with Crippen LogP contribution in [-0.2, 0) is 14.6 Å². The van der Waals surface area contributed by atoms with E-state index in [0.29, 0.717) is 18.7 Å². The second-order valence-electron chi connectivity index (χ2n) is 4.40. The molecule has 0 fully saturated rings. The van der Waals surface area contributed by atoms with Crippen LogP contribution in [0.4, 0.5) is 5.69 Å². The van der Waals surface area contributed by atoms with E-state index in [2.05, 4.69) is 5.32 Å². The van der Waals surface area contributed by atoms with E-state index < -0.39 is 9.84 Å². The first kappa shape index (κ1) is 15.7. The number of hydrogen-bond donors (Lipinski definition) is 2. The lowest BCUT2D eigenvalue weighted by Crippen LogP contribution is -2.22. The van der Waals surface area contributed by atoms with Gasteiger partial charge >= 0.3 is 0 Å². The fourth-order valence-electron chi connectivity index (χ4n) is 1.56. The summed E-state index contributed by atoms with van der Waals surface area (Å²) in [7, 11) is -3.20.